The Labute approximate surface area is 107 Å². The number of hydrogen-bond donors (Lipinski definition) is 2. The van der Waals surface area contributed by atoms with Crippen LogP contribution < -0.4 is 10.6 Å². The lowest BCUT2D eigenvalue weighted by Crippen LogP contribution is -2.47. The summed E-state index contributed by atoms with van der Waals surface area (Å²) in [5.41, 5.74) is 1.00. The van der Waals surface area contributed by atoms with Crippen LogP contribution >= 0.6 is 0 Å². The van der Waals surface area contributed by atoms with Gasteiger partial charge in [-0.1, -0.05) is 36.4 Å². The normalized spacial score (nSPS) is 11.4. The van der Waals surface area contributed by atoms with Crippen LogP contribution in [0.5, 0.6) is 0 Å². The molecule has 0 bridgehead atoms. The van der Waals surface area contributed by atoms with Gasteiger partial charge < -0.3 is 10.6 Å². The average molecular weight is 246 g/mol. The summed E-state index contributed by atoms with van der Waals surface area (Å²) < 4.78 is 0. The van der Waals surface area contributed by atoms with Gasteiger partial charge in [-0.15, -0.1) is 6.58 Å². The maximum atomic E-state index is 11.9. The molecule has 4 heteroatoms. The number of carbonyl (C=O) groups excluding carboxylic acids is 2. The molecule has 1 aromatic carbocycles. The molecule has 0 radical (unpaired) electrons. The van der Waals surface area contributed by atoms with Gasteiger partial charge in [0.2, 0.25) is 11.8 Å². The predicted octanol–water partition coefficient (Wildman–Crippen LogP) is 1.04. The first kappa shape index (κ1) is 14.0. The molecule has 1 atom stereocenters. The van der Waals surface area contributed by atoms with Gasteiger partial charge in [0.1, 0.15) is 6.04 Å². The highest BCUT2D eigenvalue weighted by molar-refractivity contribution is 5.87. The molecule has 2 amide bonds. The summed E-state index contributed by atoms with van der Waals surface area (Å²) in [6.45, 7) is 5.33. The van der Waals surface area contributed by atoms with Crippen molar-refractivity contribution in [2.45, 2.75) is 19.4 Å². The average Bonchev–Trinajstić information content (AvgIpc) is 2.36. The van der Waals surface area contributed by atoms with Gasteiger partial charge in [0.15, 0.2) is 0 Å². The standard InChI is InChI=1S/C14H18N2O2/c1-3-9-15-14(18)13(16-11(2)17)10-12-7-5-4-6-8-12/h3-8,13H,1,9-10H2,2H3,(H,15,18)(H,16,17)/t13-/m1/s1. The van der Waals surface area contributed by atoms with Crippen molar-refractivity contribution in [3.8, 4) is 0 Å². The van der Waals surface area contributed by atoms with E-state index in [1.165, 1.54) is 6.92 Å². The minimum atomic E-state index is -0.551. The Morgan fingerprint density at radius 3 is 2.56 bits per heavy atom. The van der Waals surface area contributed by atoms with Crippen LogP contribution in [0.25, 0.3) is 0 Å². The fourth-order valence-corrected chi connectivity index (χ4v) is 1.60. The predicted molar refractivity (Wildman–Crippen MR) is 71.0 cm³/mol. The van der Waals surface area contributed by atoms with Crippen molar-refractivity contribution in [2.75, 3.05) is 6.54 Å². The molecule has 0 aliphatic heterocycles. The highest BCUT2D eigenvalue weighted by Crippen LogP contribution is 2.03. The van der Waals surface area contributed by atoms with Crippen molar-refractivity contribution in [2.24, 2.45) is 0 Å². The molecule has 0 heterocycles. The van der Waals surface area contributed by atoms with Gasteiger partial charge in [-0.2, -0.15) is 0 Å². The van der Waals surface area contributed by atoms with Crippen molar-refractivity contribution >= 4 is 11.8 Å². The summed E-state index contributed by atoms with van der Waals surface area (Å²) in [4.78, 5) is 23.0. The SMILES string of the molecule is C=CCNC(=O)[C@@H](Cc1ccccc1)NC(C)=O. The number of carbonyl (C=O) groups is 2. The summed E-state index contributed by atoms with van der Waals surface area (Å²) >= 11 is 0. The van der Waals surface area contributed by atoms with E-state index in [9.17, 15) is 9.59 Å². The fraction of sp³-hybridized carbons (Fsp3) is 0.286. The largest absolute Gasteiger partial charge is 0.351 e. The van der Waals surface area contributed by atoms with E-state index in [2.05, 4.69) is 17.2 Å². The molecule has 96 valence electrons. The smallest absolute Gasteiger partial charge is 0.243 e. The van der Waals surface area contributed by atoms with Gasteiger partial charge in [-0.25, -0.2) is 0 Å². The maximum Gasteiger partial charge on any atom is 0.243 e. The topological polar surface area (TPSA) is 58.2 Å². The molecule has 0 saturated carbocycles. The molecule has 4 nitrogen and oxygen atoms in total. The second kappa shape index (κ2) is 7.27. The second-order valence-corrected chi connectivity index (χ2v) is 3.98. The number of nitrogens with one attached hydrogen (secondary N) is 2. The third kappa shape index (κ3) is 4.82. The van der Waals surface area contributed by atoms with Crippen LogP contribution in [0.4, 0.5) is 0 Å². The molecule has 1 rings (SSSR count). The van der Waals surface area contributed by atoms with Crippen LogP contribution in [0.15, 0.2) is 43.0 Å². The van der Waals surface area contributed by atoms with E-state index >= 15 is 0 Å². The zero-order valence-electron chi connectivity index (χ0n) is 10.5. The maximum absolute atomic E-state index is 11.9. The van der Waals surface area contributed by atoms with Crippen LogP contribution in [-0.2, 0) is 16.0 Å². The van der Waals surface area contributed by atoms with Gasteiger partial charge >= 0.3 is 0 Å². The van der Waals surface area contributed by atoms with Gasteiger partial charge in [-0.05, 0) is 5.56 Å². The molecule has 18 heavy (non-hydrogen) atoms. The van der Waals surface area contributed by atoms with E-state index in [1.807, 2.05) is 30.3 Å². The first-order chi connectivity index (χ1) is 8.63. The van der Waals surface area contributed by atoms with Crippen LogP contribution in [0.2, 0.25) is 0 Å². The molecule has 0 saturated heterocycles. The Hall–Kier alpha value is -2.10. The molecule has 0 fully saturated rings. The van der Waals surface area contributed by atoms with Crippen molar-refractivity contribution < 1.29 is 9.59 Å². The third-order valence-electron chi connectivity index (χ3n) is 2.40. The fourth-order valence-electron chi connectivity index (χ4n) is 1.60. The molecule has 0 aromatic heterocycles. The molecular formula is C14H18N2O2. The van der Waals surface area contributed by atoms with Crippen LogP contribution in [0.3, 0.4) is 0 Å². The molecule has 2 N–H and O–H groups in total. The highest BCUT2D eigenvalue weighted by Gasteiger charge is 2.18. The van der Waals surface area contributed by atoms with Crippen molar-refractivity contribution in [1.29, 1.82) is 0 Å². The lowest BCUT2D eigenvalue weighted by molar-refractivity contribution is -0.127. The minimum Gasteiger partial charge on any atom is -0.351 e. The Kier molecular flexibility index (Phi) is 5.64. The molecule has 0 aliphatic rings. The first-order valence-corrected chi connectivity index (χ1v) is 5.83. The van der Waals surface area contributed by atoms with Crippen LogP contribution in [-0.4, -0.2) is 24.4 Å². The molecule has 0 spiro atoms. The molecule has 1 aromatic rings. The van der Waals surface area contributed by atoms with E-state index in [-0.39, 0.29) is 11.8 Å². The summed E-state index contributed by atoms with van der Waals surface area (Å²) in [6.07, 6.45) is 2.08. The molecule has 0 aliphatic carbocycles. The monoisotopic (exact) mass is 246 g/mol. The van der Waals surface area contributed by atoms with Crippen LogP contribution in [0, 0.1) is 0 Å². The van der Waals surface area contributed by atoms with E-state index in [1.54, 1.807) is 6.08 Å². The number of amides is 2. The zero-order chi connectivity index (χ0) is 13.4. The second-order valence-electron chi connectivity index (χ2n) is 3.98. The third-order valence-corrected chi connectivity index (χ3v) is 2.40. The van der Waals surface area contributed by atoms with E-state index < -0.39 is 6.04 Å². The lowest BCUT2D eigenvalue weighted by atomic mass is 10.1. The highest BCUT2D eigenvalue weighted by atomic mass is 16.2. The van der Waals surface area contributed by atoms with Gasteiger partial charge in [-0.3, -0.25) is 9.59 Å². The Morgan fingerprint density at radius 1 is 1.33 bits per heavy atom. The number of benzene rings is 1. The molecular weight excluding hydrogens is 228 g/mol. The van der Waals surface area contributed by atoms with Crippen molar-refractivity contribution in [1.82, 2.24) is 10.6 Å². The van der Waals surface area contributed by atoms with E-state index in [4.69, 9.17) is 0 Å². The van der Waals surface area contributed by atoms with Crippen molar-refractivity contribution in [3.05, 3.63) is 48.6 Å². The van der Waals surface area contributed by atoms with E-state index in [0.29, 0.717) is 13.0 Å². The summed E-state index contributed by atoms with van der Waals surface area (Å²) in [5.74, 6) is -0.418. The Morgan fingerprint density at radius 2 is 2.00 bits per heavy atom. The first-order valence-electron chi connectivity index (χ1n) is 5.83. The van der Waals surface area contributed by atoms with E-state index in [0.717, 1.165) is 5.56 Å². The summed E-state index contributed by atoms with van der Waals surface area (Å²) in [6, 6.07) is 9.02. The number of rotatable bonds is 6. The van der Waals surface area contributed by atoms with Gasteiger partial charge in [0.25, 0.3) is 0 Å². The Bertz CT molecular complexity index is 415. The van der Waals surface area contributed by atoms with Crippen LogP contribution in [0.1, 0.15) is 12.5 Å². The molecule has 0 unspecified atom stereocenters. The quantitative estimate of drug-likeness (QED) is 0.737. The van der Waals surface area contributed by atoms with Gasteiger partial charge in [0, 0.05) is 19.9 Å². The Balaban J connectivity index is 2.68. The summed E-state index contributed by atoms with van der Waals surface area (Å²) in [5, 5.41) is 5.34. The van der Waals surface area contributed by atoms with Crippen molar-refractivity contribution in [3.63, 3.8) is 0 Å². The lowest BCUT2D eigenvalue weighted by Gasteiger charge is -2.17. The van der Waals surface area contributed by atoms with Gasteiger partial charge in [0.05, 0.1) is 0 Å². The number of hydrogen-bond acceptors (Lipinski definition) is 2. The summed E-state index contributed by atoms with van der Waals surface area (Å²) in [7, 11) is 0. The minimum absolute atomic E-state index is 0.200. The zero-order valence-corrected chi connectivity index (χ0v) is 10.5.